The molecule has 0 aromatic heterocycles. The van der Waals surface area contributed by atoms with Gasteiger partial charge < -0.3 is 10.1 Å². The Balaban J connectivity index is 2.23. The molecule has 6 nitrogen and oxygen atoms in total. The summed E-state index contributed by atoms with van der Waals surface area (Å²) in [5.41, 5.74) is 2.63. The minimum atomic E-state index is -3.95. The molecule has 2 aromatic carbocycles. The van der Waals surface area contributed by atoms with Crippen molar-refractivity contribution in [1.82, 2.24) is 4.31 Å². The Kier molecular flexibility index (Phi) is 6.86. The lowest BCUT2D eigenvalue weighted by Gasteiger charge is -2.19. The van der Waals surface area contributed by atoms with Crippen LogP contribution in [0.25, 0.3) is 0 Å². The number of benzene rings is 2. The van der Waals surface area contributed by atoms with E-state index in [1.54, 1.807) is 0 Å². The van der Waals surface area contributed by atoms with Gasteiger partial charge in [0.05, 0.1) is 13.7 Å². The van der Waals surface area contributed by atoms with Crippen molar-refractivity contribution >= 4 is 33.2 Å². The lowest BCUT2D eigenvalue weighted by molar-refractivity contribution is -0.116. The van der Waals surface area contributed by atoms with Crippen molar-refractivity contribution < 1.29 is 17.9 Å². The topological polar surface area (TPSA) is 75.7 Å². The van der Waals surface area contributed by atoms with Crippen LogP contribution in [0, 0.1) is 6.92 Å². The second kappa shape index (κ2) is 8.73. The number of halogens is 1. The lowest BCUT2D eigenvalue weighted by Crippen LogP contribution is -2.35. The third-order valence-corrected chi connectivity index (χ3v) is 6.24. The van der Waals surface area contributed by atoms with E-state index in [-0.39, 0.29) is 22.2 Å². The van der Waals surface area contributed by atoms with E-state index in [4.69, 9.17) is 16.3 Å². The largest absolute Gasteiger partial charge is 0.495 e. The van der Waals surface area contributed by atoms with Gasteiger partial charge in [-0.25, -0.2) is 8.42 Å². The van der Waals surface area contributed by atoms with Crippen LogP contribution in [0.4, 0.5) is 5.69 Å². The average molecular weight is 411 g/mol. The van der Waals surface area contributed by atoms with Gasteiger partial charge in [0.2, 0.25) is 15.9 Å². The first kappa shape index (κ1) is 21.2. The van der Waals surface area contributed by atoms with Crippen LogP contribution in [-0.4, -0.2) is 39.3 Å². The Labute approximate surface area is 165 Å². The van der Waals surface area contributed by atoms with Gasteiger partial charge in [-0.3, -0.25) is 4.79 Å². The van der Waals surface area contributed by atoms with Gasteiger partial charge in [0.1, 0.15) is 10.6 Å². The van der Waals surface area contributed by atoms with E-state index in [2.05, 4.69) is 5.32 Å². The van der Waals surface area contributed by atoms with Crippen LogP contribution in [-0.2, 0) is 21.2 Å². The molecule has 0 saturated heterocycles. The Morgan fingerprint density at radius 3 is 2.59 bits per heavy atom. The second-order valence-corrected chi connectivity index (χ2v) is 8.52. The summed E-state index contributed by atoms with van der Waals surface area (Å²) in [7, 11) is -1.24. The SMILES string of the molecule is CCc1cccc(C)c1NC(=O)CN(C)S(=O)(=O)c1cc(Cl)ccc1OC. The van der Waals surface area contributed by atoms with Crippen molar-refractivity contribution in [2.45, 2.75) is 25.2 Å². The minimum Gasteiger partial charge on any atom is -0.495 e. The fraction of sp³-hybridized carbons (Fsp3) is 0.316. The molecule has 0 spiro atoms. The smallest absolute Gasteiger partial charge is 0.247 e. The summed E-state index contributed by atoms with van der Waals surface area (Å²) in [5, 5.41) is 3.09. The third kappa shape index (κ3) is 4.80. The quantitative estimate of drug-likeness (QED) is 0.758. The highest BCUT2D eigenvalue weighted by atomic mass is 35.5. The highest BCUT2D eigenvalue weighted by Gasteiger charge is 2.27. The molecule has 0 unspecified atom stereocenters. The number of hydrogen-bond acceptors (Lipinski definition) is 4. The number of methoxy groups -OCH3 is 1. The molecule has 0 aliphatic rings. The molecule has 146 valence electrons. The molecule has 1 amide bonds. The Morgan fingerprint density at radius 2 is 1.96 bits per heavy atom. The molecule has 0 bridgehead atoms. The van der Waals surface area contributed by atoms with Gasteiger partial charge in [0.15, 0.2) is 0 Å². The molecule has 0 radical (unpaired) electrons. The second-order valence-electron chi connectivity index (χ2n) is 6.07. The number of para-hydroxylation sites is 1. The van der Waals surface area contributed by atoms with Crippen molar-refractivity contribution in [3.05, 3.63) is 52.5 Å². The summed E-state index contributed by atoms with van der Waals surface area (Å²) >= 11 is 5.93. The molecule has 0 aliphatic carbocycles. The molecule has 0 heterocycles. The van der Waals surface area contributed by atoms with E-state index in [0.717, 1.165) is 27.5 Å². The van der Waals surface area contributed by atoms with Crippen molar-refractivity contribution in [3.63, 3.8) is 0 Å². The predicted molar refractivity (Wildman–Crippen MR) is 107 cm³/mol. The summed E-state index contributed by atoms with van der Waals surface area (Å²) in [6, 6.07) is 10.1. The first-order valence-corrected chi connectivity index (χ1v) is 10.2. The van der Waals surface area contributed by atoms with Gasteiger partial charge in [0.25, 0.3) is 0 Å². The fourth-order valence-electron chi connectivity index (χ4n) is 2.69. The van der Waals surface area contributed by atoms with Crippen LogP contribution < -0.4 is 10.1 Å². The zero-order chi connectivity index (χ0) is 20.2. The maximum atomic E-state index is 12.8. The van der Waals surface area contributed by atoms with Crippen molar-refractivity contribution in [2.75, 3.05) is 26.0 Å². The summed E-state index contributed by atoms with van der Waals surface area (Å²) in [4.78, 5) is 12.4. The molecule has 2 aromatic rings. The lowest BCUT2D eigenvalue weighted by atomic mass is 10.1. The predicted octanol–water partition coefficient (Wildman–Crippen LogP) is 3.48. The number of nitrogens with one attached hydrogen (secondary N) is 1. The molecule has 0 saturated carbocycles. The van der Waals surface area contributed by atoms with Gasteiger partial charge >= 0.3 is 0 Å². The van der Waals surface area contributed by atoms with Crippen LogP contribution in [0.5, 0.6) is 5.75 Å². The van der Waals surface area contributed by atoms with Gasteiger partial charge in [-0.05, 0) is 42.7 Å². The molecule has 8 heteroatoms. The summed E-state index contributed by atoms with van der Waals surface area (Å²) in [6.07, 6.45) is 0.755. The molecule has 0 fully saturated rings. The Hall–Kier alpha value is -2.09. The standard InChI is InChI=1S/C19H23ClN2O4S/c1-5-14-8-6-7-13(2)19(14)21-18(23)12-22(3)27(24,25)17-11-15(20)9-10-16(17)26-4/h6-11H,5,12H2,1-4H3,(H,21,23). The van der Waals surface area contributed by atoms with Crippen molar-refractivity contribution in [2.24, 2.45) is 0 Å². The number of ether oxygens (including phenoxy) is 1. The number of anilines is 1. The maximum absolute atomic E-state index is 12.8. The first-order chi connectivity index (χ1) is 12.7. The zero-order valence-corrected chi connectivity index (χ0v) is 17.3. The van der Waals surface area contributed by atoms with E-state index in [9.17, 15) is 13.2 Å². The number of likely N-dealkylation sites (N-methyl/N-ethyl adjacent to an activating group) is 1. The highest BCUT2D eigenvalue weighted by Crippen LogP contribution is 2.29. The first-order valence-electron chi connectivity index (χ1n) is 8.39. The van der Waals surface area contributed by atoms with Crippen LogP contribution in [0.2, 0.25) is 5.02 Å². The van der Waals surface area contributed by atoms with Crippen LogP contribution >= 0.6 is 11.6 Å². The molecule has 0 aliphatic heterocycles. The van der Waals surface area contributed by atoms with E-state index < -0.39 is 15.9 Å². The van der Waals surface area contributed by atoms with E-state index in [1.807, 2.05) is 32.0 Å². The molecular weight excluding hydrogens is 388 g/mol. The molecule has 27 heavy (non-hydrogen) atoms. The fourth-order valence-corrected chi connectivity index (χ4v) is 4.23. The minimum absolute atomic E-state index is 0.0852. The van der Waals surface area contributed by atoms with E-state index in [1.165, 1.54) is 32.4 Å². The highest BCUT2D eigenvalue weighted by molar-refractivity contribution is 7.89. The van der Waals surface area contributed by atoms with E-state index >= 15 is 0 Å². The van der Waals surface area contributed by atoms with Crippen molar-refractivity contribution in [3.8, 4) is 5.75 Å². The number of amides is 1. The number of aryl methyl sites for hydroxylation is 2. The summed E-state index contributed by atoms with van der Waals surface area (Å²) in [5.74, 6) is -0.259. The number of carbonyl (C=O) groups excluding carboxylic acids is 1. The van der Waals surface area contributed by atoms with Gasteiger partial charge in [-0.2, -0.15) is 4.31 Å². The number of rotatable bonds is 7. The number of hydrogen-bond donors (Lipinski definition) is 1. The van der Waals surface area contributed by atoms with Crippen LogP contribution in [0.1, 0.15) is 18.1 Å². The maximum Gasteiger partial charge on any atom is 0.247 e. The van der Waals surface area contributed by atoms with E-state index in [0.29, 0.717) is 0 Å². The van der Waals surface area contributed by atoms with Gasteiger partial charge in [-0.1, -0.05) is 36.7 Å². The van der Waals surface area contributed by atoms with Gasteiger partial charge in [-0.15, -0.1) is 0 Å². The molecule has 2 rings (SSSR count). The normalized spacial score (nSPS) is 11.5. The number of carbonyl (C=O) groups is 1. The van der Waals surface area contributed by atoms with Crippen molar-refractivity contribution in [1.29, 1.82) is 0 Å². The molecule has 1 N–H and O–H groups in total. The third-order valence-electron chi connectivity index (χ3n) is 4.18. The average Bonchev–Trinajstić information content (AvgIpc) is 2.63. The van der Waals surface area contributed by atoms with Gasteiger partial charge in [0, 0.05) is 17.8 Å². The van der Waals surface area contributed by atoms with Crippen LogP contribution in [0.3, 0.4) is 0 Å². The monoisotopic (exact) mass is 410 g/mol. The van der Waals surface area contributed by atoms with Crippen LogP contribution in [0.15, 0.2) is 41.3 Å². The molecule has 0 atom stereocenters. The number of nitrogens with zero attached hydrogens (tertiary/aromatic N) is 1. The molecular formula is C19H23ClN2O4S. The summed E-state index contributed by atoms with van der Waals surface area (Å²) < 4.78 is 31.8. The zero-order valence-electron chi connectivity index (χ0n) is 15.7. The Morgan fingerprint density at radius 1 is 1.26 bits per heavy atom. The summed E-state index contributed by atoms with van der Waals surface area (Å²) in [6.45, 7) is 3.55. The Bertz CT molecular complexity index is 945. The number of sulfonamides is 1.